The number of thiazole rings is 1. The lowest BCUT2D eigenvalue weighted by atomic mass is 9.94. The first-order chi connectivity index (χ1) is 8.63. The maximum Gasteiger partial charge on any atom is 0.232 e. The average Bonchev–Trinajstić information content (AvgIpc) is 3.03. The van der Waals surface area contributed by atoms with Gasteiger partial charge in [-0.05, 0) is 6.42 Å². The minimum absolute atomic E-state index is 0.0785. The van der Waals surface area contributed by atoms with Crippen molar-refractivity contribution in [1.29, 1.82) is 0 Å². The van der Waals surface area contributed by atoms with Crippen molar-refractivity contribution in [3.05, 3.63) is 23.2 Å². The smallest absolute Gasteiger partial charge is 0.232 e. The Labute approximate surface area is 108 Å². The van der Waals surface area contributed by atoms with Gasteiger partial charge in [-0.25, -0.2) is 4.98 Å². The summed E-state index contributed by atoms with van der Waals surface area (Å²) >= 11 is 1.26. The zero-order valence-electron chi connectivity index (χ0n) is 9.75. The van der Waals surface area contributed by atoms with Crippen molar-refractivity contribution in [2.45, 2.75) is 25.6 Å². The molecule has 2 aliphatic rings. The van der Waals surface area contributed by atoms with Gasteiger partial charge in [0.15, 0.2) is 10.9 Å². The first-order valence-electron chi connectivity index (χ1n) is 5.74. The molecule has 1 amide bonds. The summed E-state index contributed by atoms with van der Waals surface area (Å²) in [4.78, 5) is 27.2. The number of amides is 1. The number of ketones is 1. The summed E-state index contributed by atoms with van der Waals surface area (Å²) < 4.78 is 5.54. The molecule has 94 valence electrons. The number of rotatable bonds is 3. The number of ether oxygens (including phenoxy) is 1. The number of hydrogen-bond donors (Lipinski definition) is 1. The van der Waals surface area contributed by atoms with Crippen LogP contribution in [0.1, 0.15) is 23.8 Å². The van der Waals surface area contributed by atoms with Crippen molar-refractivity contribution in [2.24, 2.45) is 5.92 Å². The van der Waals surface area contributed by atoms with E-state index in [0.29, 0.717) is 10.8 Å². The number of nitrogens with zero attached hydrogens (tertiary/aromatic N) is 1. The first kappa shape index (κ1) is 11.6. The Morgan fingerprint density at radius 1 is 1.50 bits per heavy atom. The second-order valence-electron chi connectivity index (χ2n) is 4.45. The van der Waals surface area contributed by atoms with Crippen molar-refractivity contribution in [1.82, 2.24) is 4.98 Å². The van der Waals surface area contributed by atoms with Crippen LogP contribution in [0.5, 0.6) is 0 Å². The maximum absolute atomic E-state index is 12.0. The van der Waals surface area contributed by atoms with E-state index in [-0.39, 0.29) is 29.8 Å². The van der Waals surface area contributed by atoms with Crippen molar-refractivity contribution < 1.29 is 14.3 Å². The average molecular weight is 264 g/mol. The quantitative estimate of drug-likeness (QED) is 0.665. The summed E-state index contributed by atoms with van der Waals surface area (Å²) in [5.74, 6) is -0.334. The molecule has 1 aromatic heterocycles. The van der Waals surface area contributed by atoms with Crippen LogP contribution in [0.2, 0.25) is 0 Å². The van der Waals surface area contributed by atoms with Gasteiger partial charge in [-0.2, -0.15) is 0 Å². The normalized spacial score (nSPS) is 28.6. The number of carbonyl (C=O) groups is 2. The highest BCUT2D eigenvalue weighted by Crippen LogP contribution is 2.34. The van der Waals surface area contributed by atoms with Crippen LogP contribution >= 0.6 is 11.3 Å². The summed E-state index contributed by atoms with van der Waals surface area (Å²) in [5.41, 5.74) is 0.388. The molecule has 3 atom stereocenters. The molecule has 3 heterocycles. The Balaban J connectivity index is 1.67. The van der Waals surface area contributed by atoms with E-state index in [4.69, 9.17) is 4.74 Å². The van der Waals surface area contributed by atoms with Gasteiger partial charge in [-0.1, -0.05) is 12.2 Å². The highest BCUT2D eigenvalue weighted by molar-refractivity contribution is 7.14. The number of anilines is 1. The third kappa shape index (κ3) is 1.97. The molecule has 0 aliphatic carbocycles. The molecule has 6 heteroatoms. The maximum atomic E-state index is 12.0. The number of carbonyl (C=O) groups excluding carboxylic acids is 2. The molecule has 3 unspecified atom stereocenters. The fraction of sp³-hybridized carbons (Fsp3) is 0.417. The molecule has 2 aliphatic heterocycles. The van der Waals surface area contributed by atoms with Crippen LogP contribution < -0.4 is 5.32 Å². The van der Waals surface area contributed by atoms with Crippen LogP contribution in [0.25, 0.3) is 0 Å². The Morgan fingerprint density at radius 2 is 2.33 bits per heavy atom. The van der Waals surface area contributed by atoms with E-state index < -0.39 is 0 Å². The number of hydrogen-bond acceptors (Lipinski definition) is 5. The summed E-state index contributed by atoms with van der Waals surface area (Å²) in [6, 6.07) is 0. The van der Waals surface area contributed by atoms with Gasteiger partial charge < -0.3 is 10.1 Å². The van der Waals surface area contributed by atoms with Gasteiger partial charge in [0, 0.05) is 12.3 Å². The molecular formula is C12H12N2O3S. The summed E-state index contributed by atoms with van der Waals surface area (Å²) in [5, 5.41) is 4.86. The van der Waals surface area contributed by atoms with Crippen LogP contribution in [0, 0.1) is 5.92 Å². The highest BCUT2D eigenvalue weighted by atomic mass is 32.1. The molecule has 1 fully saturated rings. The van der Waals surface area contributed by atoms with Crippen molar-refractivity contribution in [3.8, 4) is 0 Å². The predicted octanol–water partition coefficient (Wildman–Crippen LogP) is 1.63. The fourth-order valence-corrected chi connectivity index (χ4v) is 2.97. The summed E-state index contributed by atoms with van der Waals surface area (Å²) in [6.45, 7) is 1.45. The van der Waals surface area contributed by atoms with Gasteiger partial charge in [0.25, 0.3) is 0 Å². The second-order valence-corrected chi connectivity index (χ2v) is 5.31. The lowest BCUT2D eigenvalue weighted by molar-refractivity contribution is -0.120. The van der Waals surface area contributed by atoms with E-state index in [2.05, 4.69) is 10.3 Å². The number of aromatic nitrogens is 1. The van der Waals surface area contributed by atoms with Crippen LogP contribution in [0.4, 0.5) is 5.13 Å². The fourth-order valence-electron chi connectivity index (χ4n) is 2.22. The van der Waals surface area contributed by atoms with Crippen molar-refractivity contribution >= 4 is 28.2 Å². The van der Waals surface area contributed by atoms with E-state index in [1.165, 1.54) is 18.3 Å². The van der Waals surface area contributed by atoms with Crippen molar-refractivity contribution in [3.63, 3.8) is 0 Å². The largest absolute Gasteiger partial charge is 0.366 e. The van der Waals surface area contributed by atoms with Gasteiger partial charge in [0.2, 0.25) is 5.91 Å². The number of Topliss-reactive ketones (excluding diaryl/α,β-unsaturated/α-hetero) is 1. The molecule has 2 bridgehead atoms. The molecular weight excluding hydrogens is 252 g/mol. The molecule has 5 nitrogen and oxygen atoms in total. The van der Waals surface area contributed by atoms with E-state index in [1.807, 2.05) is 12.2 Å². The molecule has 0 aromatic carbocycles. The zero-order chi connectivity index (χ0) is 12.7. The minimum Gasteiger partial charge on any atom is -0.366 e. The van der Waals surface area contributed by atoms with Gasteiger partial charge in [0.1, 0.15) is 5.69 Å². The zero-order valence-corrected chi connectivity index (χ0v) is 10.6. The Morgan fingerprint density at radius 3 is 2.89 bits per heavy atom. The molecule has 1 saturated heterocycles. The highest BCUT2D eigenvalue weighted by Gasteiger charge is 2.41. The number of nitrogens with one attached hydrogen (secondary N) is 1. The third-order valence-corrected chi connectivity index (χ3v) is 3.92. The molecule has 3 rings (SSSR count). The van der Waals surface area contributed by atoms with E-state index >= 15 is 0 Å². The minimum atomic E-state index is -0.148. The van der Waals surface area contributed by atoms with Crippen LogP contribution in [0.3, 0.4) is 0 Å². The van der Waals surface area contributed by atoms with Crippen LogP contribution in [0.15, 0.2) is 17.5 Å². The van der Waals surface area contributed by atoms with Gasteiger partial charge >= 0.3 is 0 Å². The topological polar surface area (TPSA) is 68.3 Å². The second kappa shape index (κ2) is 4.29. The number of fused-ring (bicyclic) bond motifs is 2. The van der Waals surface area contributed by atoms with Crippen molar-refractivity contribution in [2.75, 3.05) is 5.32 Å². The predicted molar refractivity (Wildman–Crippen MR) is 66.7 cm³/mol. The van der Waals surface area contributed by atoms with Gasteiger partial charge in [0.05, 0.1) is 18.1 Å². The third-order valence-electron chi connectivity index (χ3n) is 3.16. The first-order valence-corrected chi connectivity index (χ1v) is 6.62. The lowest BCUT2D eigenvalue weighted by Gasteiger charge is -2.13. The standard InChI is InChI=1S/C12H12N2O3S/c1-6(15)9-5-18-12(13-9)14-11(16)8-4-7-2-3-10(8)17-7/h2-3,5,7-8,10H,4H2,1H3,(H,13,14,16). The molecule has 0 spiro atoms. The molecule has 1 N–H and O–H groups in total. The Hall–Kier alpha value is -1.53. The van der Waals surface area contributed by atoms with E-state index in [1.54, 1.807) is 5.38 Å². The van der Waals surface area contributed by atoms with Crippen LogP contribution in [-0.2, 0) is 9.53 Å². The SMILES string of the molecule is CC(=O)c1csc(NC(=O)C2CC3C=CC2O3)n1. The Kier molecular flexibility index (Phi) is 2.76. The summed E-state index contributed by atoms with van der Waals surface area (Å²) in [7, 11) is 0. The van der Waals surface area contributed by atoms with E-state index in [9.17, 15) is 9.59 Å². The lowest BCUT2D eigenvalue weighted by Crippen LogP contribution is -2.29. The molecule has 0 radical (unpaired) electrons. The summed E-state index contributed by atoms with van der Waals surface area (Å²) in [6.07, 6.45) is 4.61. The van der Waals surface area contributed by atoms with Crippen LogP contribution in [-0.4, -0.2) is 28.9 Å². The molecule has 0 saturated carbocycles. The molecule has 18 heavy (non-hydrogen) atoms. The monoisotopic (exact) mass is 264 g/mol. The van der Waals surface area contributed by atoms with E-state index in [0.717, 1.165) is 6.42 Å². The Bertz CT molecular complexity index is 537. The van der Waals surface area contributed by atoms with Gasteiger partial charge in [-0.3, -0.25) is 9.59 Å². The molecule has 1 aromatic rings. The van der Waals surface area contributed by atoms with Gasteiger partial charge in [-0.15, -0.1) is 11.3 Å².